The zero-order chi connectivity index (χ0) is 15.8. The lowest BCUT2D eigenvalue weighted by Gasteiger charge is -2.41. The molecule has 0 saturated carbocycles. The number of carbonyl (C=O) groups excluding carboxylic acids is 1. The van der Waals surface area contributed by atoms with Gasteiger partial charge in [-0.15, -0.1) is 0 Å². The number of hydrogen-bond acceptors (Lipinski definition) is 4. The van der Waals surface area contributed by atoms with E-state index in [1.165, 1.54) is 0 Å². The number of β-amino-alcohol motifs (C(OH)–C–C–N with tert-alkyl or cyclic N) is 1. The van der Waals surface area contributed by atoms with Gasteiger partial charge in [0.15, 0.2) is 5.60 Å². The molecule has 8 heteroatoms. The molecule has 0 spiro atoms. The minimum atomic E-state index is -4.33. The number of nitrogens with zero attached hydrogens (tertiary/aromatic N) is 1. The van der Waals surface area contributed by atoms with Gasteiger partial charge in [-0.3, -0.25) is 0 Å². The van der Waals surface area contributed by atoms with Crippen molar-refractivity contribution < 1.29 is 33.3 Å². The number of rotatable bonds is 2. The fraction of sp³-hybridized carbons (Fsp3) is 0.833. The number of amides is 1. The highest BCUT2D eigenvalue weighted by Gasteiger charge is 2.60. The van der Waals surface area contributed by atoms with Gasteiger partial charge < -0.3 is 19.8 Å². The molecule has 20 heavy (non-hydrogen) atoms. The third-order valence-corrected chi connectivity index (χ3v) is 2.98. The van der Waals surface area contributed by atoms with E-state index in [1.807, 2.05) is 0 Å². The Hall–Kier alpha value is -1.44. The summed E-state index contributed by atoms with van der Waals surface area (Å²) in [7, 11) is 0. The molecule has 1 aliphatic rings. The van der Waals surface area contributed by atoms with Crippen molar-refractivity contribution >= 4 is 12.1 Å². The minimum absolute atomic E-state index is 0.0681. The van der Waals surface area contributed by atoms with Crippen LogP contribution in [0.5, 0.6) is 0 Å². The van der Waals surface area contributed by atoms with Crippen LogP contribution in [-0.2, 0) is 9.53 Å². The SMILES string of the molecule is CC(C)(C)OC(=O)N1CCCC(O)(C(F)(F)C(=O)O)C1. The van der Waals surface area contributed by atoms with Gasteiger partial charge >= 0.3 is 18.0 Å². The Labute approximate surface area is 115 Å². The molecule has 1 amide bonds. The predicted molar refractivity (Wildman–Crippen MR) is 64.6 cm³/mol. The molecule has 1 atom stereocenters. The highest BCUT2D eigenvalue weighted by molar-refractivity contribution is 5.77. The van der Waals surface area contributed by atoms with Crippen molar-refractivity contribution in [1.82, 2.24) is 4.90 Å². The number of piperidine rings is 1. The summed E-state index contributed by atoms with van der Waals surface area (Å²) in [5.74, 6) is -6.74. The zero-order valence-corrected chi connectivity index (χ0v) is 11.7. The molecule has 1 heterocycles. The molecule has 1 saturated heterocycles. The second-order valence-electron chi connectivity index (χ2n) is 5.92. The lowest BCUT2D eigenvalue weighted by Crippen LogP contribution is -2.62. The quantitative estimate of drug-likeness (QED) is 0.805. The average molecular weight is 295 g/mol. The number of hydrogen-bond donors (Lipinski definition) is 2. The maximum Gasteiger partial charge on any atom is 0.410 e. The molecule has 1 rings (SSSR count). The summed E-state index contributed by atoms with van der Waals surface area (Å²) in [6.45, 7) is 4.21. The molecule has 1 fully saturated rings. The van der Waals surface area contributed by atoms with Crippen molar-refractivity contribution in [2.75, 3.05) is 13.1 Å². The Kier molecular flexibility index (Phi) is 4.28. The Balaban J connectivity index is 2.86. The summed E-state index contributed by atoms with van der Waals surface area (Å²) < 4.78 is 32.2. The number of ether oxygens (including phenoxy) is 1. The van der Waals surface area contributed by atoms with E-state index in [0.717, 1.165) is 4.90 Å². The highest BCUT2D eigenvalue weighted by Crippen LogP contribution is 2.36. The normalized spacial score (nSPS) is 24.4. The Morgan fingerprint density at radius 1 is 1.30 bits per heavy atom. The van der Waals surface area contributed by atoms with Crippen LogP contribution in [0.3, 0.4) is 0 Å². The zero-order valence-electron chi connectivity index (χ0n) is 11.7. The number of carboxylic acid groups (broad SMARTS) is 1. The average Bonchev–Trinajstić information content (AvgIpc) is 2.26. The standard InChI is InChI=1S/C12H19F2NO5/c1-10(2,3)20-9(18)15-6-4-5-11(19,7-15)12(13,14)8(16)17/h19H,4-7H2,1-3H3,(H,16,17). The van der Waals surface area contributed by atoms with Crippen molar-refractivity contribution in [2.24, 2.45) is 0 Å². The van der Waals surface area contributed by atoms with E-state index in [0.29, 0.717) is 0 Å². The van der Waals surface area contributed by atoms with Gasteiger partial charge in [0.05, 0.1) is 6.54 Å². The van der Waals surface area contributed by atoms with Gasteiger partial charge in [-0.05, 0) is 33.6 Å². The lowest BCUT2D eigenvalue weighted by atomic mass is 9.86. The summed E-state index contributed by atoms with van der Waals surface area (Å²) in [6, 6.07) is 0. The van der Waals surface area contributed by atoms with Crippen molar-refractivity contribution in [3.63, 3.8) is 0 Å². The van der Waals surface area contributed by atoms with Crippen LogP contribution in [0.1, 0.15) is 33.6 Å². The molecule has 0 bridgehead atoms. The van der Waals surface area contributed by atoms with E-state index in [1.54, 1.807) is 20.8 Å². The third-order valence-electron chi connectivity index (χ3n) is 2.98. The van der Waals surface area contributed by atoms with Crippen molar-refractivity contribution in [3.05, 3.63) is 0 Å². The molecule has 116 valence electrons. The largest absolute Gasteiger partial charge is 0.477 e. The first-order valence-electron chi connectivity index (χ1n) is 6.20. The van der Waals surface area contributed by atoms with Crippen molar-refractivity contribution in [3.8, 4) is 0 Å². The van der Waals surface area contributed by atoms with Gasteiger partial charge in [-0.25, -0.2) is 9.59 Å². The molecule has 6 nitrogen and oxygen atoms in total. The van der Waals surface area contributed by atoms with E-state index < -0.39 is 42.2 Å². The van der Waals surface area contributed by atoms with Crippen LogP contribution in [0.2, 0.25) is 0 Å². The smallest absolute Gasteiger partial charge is 0.410 e. The summed E-state index contributed by atoms with van der Waals surface area (Å²) >= 11 is 0. The summed E-state index contributed by atoms with van der Waals surface area (Å²) in [4.78, 5) is 23.3. The Morgan fingerprint density at radius 2 is 1.85 bits per heavy atom. The van der Waals surface area contributed by atoms with Gasteiger partial charge in [0, 0.05) is 6.54 Å². The number of aliphatic hydroxyl groups is 1. The minimum Gasteiger partial charge on any atom is -0.477 e. The molecule has 2 N–H and O–H groups in total. The third kappa shape index (κ3) is 3.36. The fourth-order valence-electron chi connectivity index (χ4n) is 1.97. The van der Waals surface area contributed by atoms with Gasteiger partial charge in [0.2, 0.25) is 0 Å². The Bertz CT molecular complexity index is 407. The summed E-state index contributed by atoms with van der Waals surface area (Å²) in [5.41, 5.74) is -3.59. The summed E-state index contributed by atoms with van der Waals surface area (Å²) in [6.07, 6.45) is -1.18. The van der Waals surface area contributed by atoms with E-state index in [-0.39, 0.29) is 13.0 Å². The van der Waals surface area contributed by atoms with Crippen LogP contribution in [0, 0.1) is 0 Å². The van der Waals surface area contributed by atoms with Crippen LogP contribution in [0.25, 0.3) is 0 Å². The summed E-state index contributed by atoms with van der Waals surface area (Å²) in [5, 5.41) is 18.4. The number of halogens is 2. The lowest BCUT2D eigenvalue weighted by molar-refractivity contribution is -0.218. The number of carboxylic acids is 1. The van der Waals surface area contributed by atoms with Crippen LogP contribution in [0.4, 0.5) is 13.6 Å². The fourth-order valence-corrected chi connectivity index (χ4v) is 1.97. The first kappa shape index (κ1) is 16.6. The van der Waals surface area contributed by atoms with Crippen LogP contribution in [0.15, 0.2) is 0 Å². The highest BCUT2D eigenvalue weighted by atomic mass is 19.3. The van der Waals surface area contributed by atoms with Gasteiger partial charge in [-0.1, -0.05) is 0 Å². The predicted octanol–water partition coefficient (Wildman–Crippen LogP) is 1.47. The van der Waals surface area contributed by atoms with Crippen molar-refractivity contribution in [1.29, 1.82) is 0 Å². The number of carbonyl (C=O) groups is 2. The molecular weight excluding hydrogens is 276 g/mol. The first-order chi connectivity index (χ1) is 8.89. The first-order valence-corrected chi connectivity index (χ1v) is 6.20. The maximum absolute atomic E-state index is 13.6. The molecule has 0 aliphatic carbocycles. The van der Waals surface area contributed by atoms with E-state index in [9.17, 15) is 23.5 Å². The van der Waals surface area contributed by atoms with Crippen molar-refractivity contribution in [2.45, 2.75) is 50.7 Å². The number of aliphatic carboxylic acids is 1. The van der Waals surface area contributed by atoms with Crippen LogP contribution >= 0.6 is 0 Å². The monoisotopic (exact) mass is 295 g/mol. The number of alkyl halides is 2. The second kappa shape index (κ2) is 5.16. The molecule has 0 aromatic rings. The molecule has 0 aromatic carbocycles. The van der Waals surface area contributed by atoms with Gasteiger partial charge in [-0.2, -0.15) is 8.78 Å². The van der Waals surface area contributed by atoms with Gasteiger partial charge in [0.25, 0.3) is 0 Å². The van der Waals surface area contributed by atoms with Crippen LogP contribution in [-0.4, -0.2) is 57.4 Å². The molecule has 0 radical (unpaired) electrons. The van der Waals surface area contributed by atoms with E-state index in [2.05, 4.69) is 0 Å². The molecule has 1 unspecified atom stereocenters. The second-order valence-corrected chi connectivity index (χ2v) is 5.92. The van der Waals surface area contributed by atoms with Gasteiger partial charge in [0.1, 0.15) is 5.60 Å². The molecule has 1 aliphatic heterocycles. The topological polar surface area (TPSA) is 87.1 Å². The molecular formula is C12H19F2NO5. The van der Waals surface area contributed by atoms with E-state index in [4.69, 9.17) is 9.84 Å². The molecule has 0 aromatic heterocycles. The maximum atomic E-state index is 13.6. The van der Waals surface area contributed by atoms with E-state index >= 15 is 0 Å². The van der Waals surface area contributed by atoms with Crippen LogP contribution < -0.4 is 0 Å². The Morgan fingerprint density at radius 3 is 2.30 bits per heavy atom. The number of likely N-dealkylation sites (tertiary alicyclic amines) is 1.